The van der Waals surface area contributed by atoms with E-state index in [-0.39, 0.29) is 5.91 Å². The van der Waals surface area contributed by atoms with Gasteiger partial charge >= 0.3 is 0 Å². The fourth-order valence-electron chi connectivity index (χ4n) is 3.85. The van der Waals surface area contributed by atoms with Crippen molar-refractivity contribution < 1.29 is 9.53 Å². The molecule has 5 heteroatoms. The van der Waals surface area contributed by atoms with E-state index in [9.17, 15) is 4.79 Å². The molecule has 0 fully saturated rings. The molecule has 0 bridgehead atoms. The number of ether oxygens (including phenoxy) is 1. The summed E-state index contributed by atoms with van der Waals surface area (Å²) in [7, 11) is 0. The van der Waals surface area contributed by atoms with Gasteiger partial charge in [-0.15, -0.1) is 11.8 Å². The Morgan fingerprint density at radius 2 is 1.68 bits per heavy atom. The van der Waals surface area contributed by atoms with E-state index >= 15 is 0 Å². The van der Waals surface area contributed by atoms with Crippen LogP contribution in [0.25, 0.3) is 10.8 Å². The van der Waals surface area contributed by atoms with Gasteiger partial charge in [-0.2, -0.15) is 5.10 Å². The first-order valence-electron chi connectivity index (χ1n) is 11.2. The molecule has 0 saturated heterocycles. The van der Waals surface area contributed by atoms with Crippen LogP contribution >= 0.6 is 11.8 Å². The molecule has 0 radical (unpaired) electrons. The van der Waals surface area contributed by atoms with Crippen molar-refractivity contribution in [1.29, 1.82) is 0 Å². The van der Waals surface area contributed by atoms with E-state index in [1.807, 2.05) is 36.4 Å². The molecule has 0 atom stereocenters. The van der Waals surface area contributed by atoms with Crippen LogP contribution in [0, 0.1) is 13.8 Å². The predicted octanol–water partition coefficient (Wildman–Crippen LogP) is 6.42. The average Bonchev–Trinajstić information content (AvgIpc) is 2.83. The van der Waals surface area contributed by atoms with E-state index in [1.54, 1.807) is 18.0 Å². The summed E-state index contributed by atoms with van der Waals surface area (Å²) < 4.78 is 5.98. The first-order chi connectivity index (χ1) is 16.6. The Morgan fingerprint density at radius 3 is 2.47 bits per heavy atom. The molecule has 0 aliphatic rings. The summed E-state index contributed by atoms with van der Waals surface area (Å²) in [4.78, 5) is 12.1. The molecule has 1 amide bonds. The summed E-state index contributed by atoms with van der Waals surface area (Å²) >= 11 is 1.58. The Bertz CT molecular complexity index is 1270. The second-order valence-corrected chi connectivity index (χ2v) is 9.26. The quantitative estimate of drug-likeness (QED) is 0.228. The van der Waals surface area contributed by atoms with Crippen LogP contribution < -0.4 is 10.2 Å². The fourth-order valence-corrected chi connectivity index (χ4v) is 4.61. The third-order valence-electron chi connectivity index (χ3n) is 5.34. The molecule has 0 aliphatic carbocycles. The topological polar surface area (TPSA) is 50.7 Å². The Hall–Kier alpha value is -3.57. The lowest BCUT2D eigenvalue weighted by Gasteiger charge is -2.09. The number of hydrazone groups is 1. The van der Waals surface area contributed by atoms with Crippen LogP contribution in [0.1, 0.15) is 27.8 Å². The van der Waals surface area contributed by atoms with Gasteiger partial charge in [0.25, 0.3) is 0 Å². The number of rotatable bonds is 9. The monoisotopic (exact) mass is 468 g/mol. The smallest absolute Gasteiger partial charge is 0.250 e. The van der Waals surface area contributed by atoms with Crippen molar-refractivity contribution in [2.24, 2.45) is 5.10 Å². The lowest BCUT2D eigenvalue weighted by Crippen LogP contribution is -2.19. The largest absolute Gasteiger partial charge is 0.489 e. The maximum absolute atomic E-state index is 12.1. The number of benzene rings is 4. The second kappa shape index (κ2) is 11.5. The molecule has 1 N–H and O–H groups in total. The number of carbonyl (C=O) groups is 1. The second-order valence-electron chi connectivity index (χ2n) is 8.28. The first-order valence-corrected chi connectivity index (χ1v) is 12.4. The molecule has 0 aliphatic heterocycles. The zero-order valence-electron chi connectivity index (χ0n) is 19.5. The average molecular weight is 469 g/mol. The summed E-state index contributed by atoms with van der Waals surface area (Å²) in [5, 5.41) is 6.49. The van der Waals surface area contributed by atoms with Crippen LogP contribution in [0.2, 0.25) is 0 Å². The van der Waals surface area contributed by atoms with E-state index in [2.05, 4.69) is 72.9 Å². The molecule has 0 saturated carbocycles. The van der Waals surface area contributed by atoms with E-state index in [4.69, 9.17) is 4.74 Å². The summed E-state index contributed by atoms with van der Waals surface area (Å²) in [5.74, 6) is 1.85. The highest BCUT2D eigenvalue weighted by atomic mass is 32.2. The molecular weight excluding hydrogens is 440 g/mol. The Kier molecular flexibility index (Phi) is 7.99. The van der Waals surface area contributed by atoms with Gasteiger partial charge < -0.3 is 4.74 Å². The van der Waals surface area contributed by atoms with Crippen LogP contribution in [-0.2, 0) is 17.2 Å². The molecule has 172 valence electrons. The van der Waals surface area contributed by atoms with Gasteiger partial charge in [0.2, 0.25) is 5.91 Å². The Balaban J connectivity index is 1.22. The number of fused-ring (bicyclic) bond motifs is 1. The number of nitrogens with one attached hydrogen (secondary N) is 1. The molecule has 4 nitrogen and oxygen atoms in total. The van der Waals surface area contributed by atoms with Crippen molar-refractivity contribution in [2.75, 3.05) is 5.75 Å². The molecule has 34 heavy (non-hydrogen) atoms. The fraction of sp³-hybridized carbons (Fsp3) is 0.172. The maximum atomic E-state index is 12.1. The van der Waals surface area contributed by atoms with Crippen LogP contribution in [0.15, 0.2) is 90.0 Å². The van der Waals surface area contributed by atoms with Gasteiger partial charge in [-0.3, -0.25) is 4.79 Å². The molecule has 0 heterocycles. The summed E-state index contributed by atoms with van der Waals surface area (Å²) in [6, 6.07) is 28.7. The van der Waals surface area contributed by atoms with Crippen molar-refractivity contribution >= 4 is 34.7 Å². The van der Waals surface area contributed by atoms with Gasteiger partial charge in [-0.25, -0.2) is 5.43 Å². The zero-order valence-corrected chi connectivity index (χ0v) is 20.3. The molecule has 4 aromatic rings. The molecular formula is C29H28N2O2S. The highest BCUT2D eigenvalue weighted by Gasteiger charge is 2.03. The van der Waals surface area contributed by atoms with Crippen LogP contribution in [0.5, 0.6) is 5.75 Å². The third-order valence-corrected chi connectivity index (χ3v) is 6.34. The highest BCUT2D eigenvalue weighted by Crippen LogP contribution is 2.21. The third kappa shape index (κ3) is 6.72. The van der Waals surface area contributed by atoms with Crippen molar-refractivity contribution in [3.8, 4) is 5.75 Å². The van der Waals surface area contributed by atoms with Gasteiger partial charge in [0.15, 0.2) is 0 Å². The number of thioether (sulfide) groups is 1. The molecule has 0 spiro atoms. The SMILES string of the molecule is Cc1cc(C)cc(CSCC(=O)N/N=C\c2ccc(OCc3cccc4ccccc34)cc2)c1. The predicted molar refractivity (Wildman–Crippen MR) is 143 cm³/mol. The van der Waals surface area contributed by atoms with Crippen molar-refractivity contribution in [1.82, 2.24) is 5.43 Å². The zero-order chi connectivity index (χ0) is 23.8. The van der Waals surface area contributed by atoms with Gasteiger partial charge in [-0.05, 0) is 65.6 Å². The van der Waals surface area contributed by atoms with Gasteiger partial charge in [0.1, 0.15) is 12.4 Å². The highest BCUT2D eigenvalue weighted by molar-refractivity contribution is 7.99. The number of hydrogen-bond acceptors (Lipinski definition) is 4. The van der Waals surface area contributed by atoms with Gasteiger partial charge in [0.05, 0.1) is 12.0 Å². The minimum absolute atomic E-state index is 0.110. The number of nitrogens with zero attached hydrogens (tertiary/aromatic N) is 1. The summed E-state index contributed by atoms with van der Waals surface area (Å²) in [6.07, 6.45) is 1.64. The number of aryl methyl sites for hydroxylation is 2. The van der Waals surface area contributed by atoms with Crippen molar-refractivity contribution in [2.45, 2.75) is 26.2 Å². The van der Waals surface area contributed by atoms with Crippen LogP contribution in [0.3, 0.4) is 0 Å². The van der Waals surface area contributed by atoms with E-state index in [0.717, 1.165) is 22.6 Å². The van der Waals surface area contributed by atoms with Gasteiger partial charge in [-0.1, -0.05) is 71.8 Å². The maximum Gasteiger partial charge on any atom is 0.250 e. The van der Waals surface area contributed by atoms with E-state index < -0.39 is 0 Å². The number of hydrogen-bond donors (Lipinski definition) is 1. The minimum Gasteiger partial charge on any atom is -0.489 e. The van der Waals surface area contributed by atoms with Crippen LogP contribution in [0.4, 0.5) is 0 Å². The van der Waals surface area contributed by atoms with Crippen molar-refractivity contribution in [3.63, 3.8) is 0 Å². The lowest BCUT2D eigenvalue weighted by molar-refractivity contribution is -0.118. The summed E-state index contributed by atoms with van der Waals surface area (Å²) in [5.41, 5.74) is 8.37. The standard InChI is InChI=1S/C29H28N2O2S/c1-21-14-22(2)16-24(15-21)19-34-20-29(32)31-30-17-23-10-12-27(13-11-23)33-18-26-8-5-7-25-6-3-4-9-28(25)26/h3-17H,18-20H2,1-2H3,(H,31,32)/b30-17-. The van der Waals surface area contributed by atoms with Crippen LogP contribution in [-0.4, -0.2) is 17.9 Å². The number of amides is 1. The van der Waals surface area contributed by atoms with E-state index in [0.29, 0.717) is 12.4 Å². The van der Waals surface area contributed by atoms with E-state index in [1.165, 1.54) is 27.5 Å². The Labute approximate surface area is 205 Å². The molecule has 4 rings (SSSR count). The van der Waals surface area contributed by atoms with Crippen molar-refractivity contribution in [3.05, 3.63) is 113 Å². The summed E-state index contributed by atoms with van der Waals surface area (Å²) in [6.45, 7) is 4.68. The normalized spacial score (nSPS) is 11.1. The molecule has 4 aromatic carbocycles. The Morgan fingerprint density at radius 1 is 0.941 bits per heavy atom. The molecule has 0 aromatic heterocycles. The molecule has 0 unspecified atom stereocenters. The first kappa shape index (κ1) is 23.6. The number of carbonyl (C=O) groups excluding carboxylic acids is 1. The van der Waals surface area contributed by atoms with Gasteiger partial charge in [0, 0.05) is 5.75 Å². The minimum atomic E-state index is -0.110. The lowest BCUT2D eigenvalue weighted by atomic mass is 10.1.